The number of nitrogens with one attached hydrogen (secondary N) is 3. The Morgan fingerprint density at radius 3 is 2.20 bits per heavy atom. The summed E-state index contributed by atoms with van der Waals surface area (Å²) in [5, 5.41) is 29.5. The lowest BCUT2D eigenvalue weighted by molar-refractivity contribution is 0.102. The molecule has 0 amide bonds. The summed E-state index contributed by atoms with van der Waals surface area (Å²) in [5.74, 6) is 0.392. The van der Waals surface area contributed by atoms with Gasteiger partial charge in [0.1, 0.15) is 24.1 Å². The van der Waals surface area contributed by atoms with Crippen LogP contribution in [0.4, 0.5) is 17.1 Å². The first-order valence-corrected chi connectivity index (χ1v) is 14.6. The molecule has 8 heteroatoms. The second-order valence-electron chi connectivity index (χ2n) is 10.6. The first-order chi connectivity index (χ1) is 19.4. The van der Waals surface area contributed by atoms with Crippen LogP contribution in [0.15, 0.2) is 58.1 Å². The van der Waals surface area contributed by atoms with Crippen LogP contribution in [-0.2, 0) is 6.42 Å². The third-order valence-electron chi connectivity index (χ3n) is 7.01. The van der Waals surface area contributed by atoms with Crippen LogP contribution in [0.2, 0.25) is 0 Å². The number of unbranched alkanes of at least 4 members (excludes halogenated alkanes) is 7. The quantitative estimate of drug-likeness (QED) is 0.0955. The Morgan fingerprint density at radius 2 is 1.50 bits per heavy atom. The van der Waals surface area contributed by atoms with Crippen molar-refractivity contribution in [2.45, 2.75) is 83.8 Å². The minimum Gasteiger partial charge on any atom is -0.504 e. The van der Waals surface area contributed by atoms with Gasteiger partial charge in [0.15, 0.2) is 11.5 Å². The van der Waals surface area contributed by atoms with Crippen LogP contribution >= 0.6 is 0 Å². The number of aliphatic hydroxyl groups is 1. The van der Waals surface area contributed by atoms with Crippen molar-refractivity contribution < 1.29 is 14.9 Å². The van der Waals surface area contributed by atoms with E-state index in [-0.39, 0.29) is 18.4 Å². The number of anilines is 3. The molecule has 40 heavy (non-hydrogen) atoms. The number of hydrogen-bond acceptors (Lipinski definition) is 8. The Labute approximate surface area is 237 Å². The summed E-state index contributed by atoms with van der Waals surface area (Å²) in [5.41, 5.74) is 1.65. The van der Waals surface area contributed by atoms with E-state index in [0.29, 0.717) is 30.2 Å². The number of ether oxygens (including phenoxy) is 1. The van der Waals surface area contributed by atoms with E-state index in [2.05, 4.69) is 22.9 Å². The second kappa shape index (κ2) is 16.7. The Balaban J connectivity index is 1.36. The predicted molar refractivity (Wildman–Crippen MR) is 163 cm³/mol. The molecular weight excluding hydrogens is 506 g/mol. The first-order valence-electron chi connectivity index (χ1n) is 14.6. The number of benzene rings is 2. The van der Waals surface area contributed by atoms with Crippen molar-refractivity contribution in [2.24, 2.45) is 0 Å². The van der Waals surface area contributed by atoms with Crippen LogP contribution in [0.5, 0.6) is 11.5 Å². The summed E-state index contributed by atoms with van der Waals surface area (Å²) in [7, 11) is 0. The van der Waals surface area contributed by atoms with Crippen molar-refractivity contribution in [3.8, 4) is 11.5 Å². The van der Waals surface area contributed by atoms with Crippen molar-refractivity contribution >= 4 is 17.1 Å². The molecule has 0 aliphatic heterocycles. The first kappa shape index (κ1) is 31.2. The van der Waals surface area contributed by atoms with Crippen LogP contribution in [0, 0.1) is 0 Å². The van der Waals surface area contributed by atoms with Gasteiger partial charge >= 0.3 is 0 Å². The summed E-state index contributed by atoms with van der Waals surface area (Å²) in [6, 6.07) is 14.5. The average molecular weight is 552 g/mol. The van der Waals surface area contributed by atoms with Crippen molar-refractivity contribution in [2.75, 3.05) is 30.3 Å². The summed E-state index contributed by atoms with van der Waals surface area (Å²) in [6.45, 7) is 5.38. The van der Waals surface area contributed by atoms with Gasteiger partial charge in [-0.3, -0.25) is 9.59 Å². The van der Waals surface area contributed by atoms with Gasteiger partial charge in [-0.15, -0.1) is 0 Å². The Morgan fingerprint density at radius 1 is 0.850 bits per heavy atom. The molecule has 3 aromatic carbocycles. The smallest absolute Gasteiger partial charge is 0.253 e. The highest BCUT2D eigenvalue weighted by molar-refractivity contribution is 5.78. The molecule has 0 bridgehead atoms. The fraction of sp³-hybridized carbons (Fsp3) is 0.500. The van der Waals surface area contributed by atoms with Gasteiger partial charge in [-0.25, -0.2) is 0 Å². The second-order valence-corrected chi connectivity index (χ2v) is 10.6. The lowest BCUT2D eigenvalue weighted by Gasteiger charge is -2.18. The van der Waals surface area contributed by atoms with Gasteiger partial charge < -0.3 is 30.9 Å². The van der Waals surface area contributed by atoms with E-state index in [0.717, 1.165) is 30.5 Å². The molecule has 5 N–H and O–H groups in total. The van der Waals surface area contributed by atoms with E-state index < -0.39 is 17.0 Å². The maximum atomic E-state index is 12.2. The van der Waals surface area contributed by atoms with Crippen molar-refractivity contribution in [3.05, 3.63) is 74.5 Å². The van der Waals surface area contributed by atoms with Crippen LogP contribution in [0.1, 0.15) is 70.8 Å². The molecule has 8 nitrogen and oxygen atoms in total. The van der Waals surface area contributed by atoms with Crippen LogP contribution in [-0.4, -0.2) is 42.1 Å². The molecule has 0 aliphatic rings. The average Bonchev–Trinajstić information content (AvgIpc) is 2.96. The molecule has 0 heterocycles. The monoisotopic (exact) mass is 551 g/mol. The van der Waals surface area contributed by atoms with Crippen molar-refractivity contribution in [3.63, 3.8) is 0 Å². The van der Waals surface area contributed by atoms with Crippen LogP contribution < -0.4 is 31.5 Å². The highest BCUT2D eigenvalue weighted by Gasteiger charge is 2.20. The van der Waals surface area contributed by atoms with E-state index in [4.69, 9.17) is 4.74 Å². The maximum Gasteiger partial charge on any atom is 0.253 e. The summed E-state index contributed by atoms with van der Waals surface area (Å²) >= 11 is 0. The van der Waals surface area contributed by atoms with E-state index in [1.165, 1.54) is 44.6 Å². The molecule has 3 aromatic rings. The molecule has 0 aliphatic carbocycles. The van der Waals surface area contributed by atoms with Crippen LogP contribution in [0.3, 0.4) is 0 Å². The molecule has 0 spiro atoms. The number of hydrogen-bond donors (Lipinski definition) is 5. The lowest BCUT2D eigenvalue weighted by Crippen LogP contribution is -2.37. The maximum absolute atomic E-state index is 12.2. The molecule has 0 fully saturated rings. The molecular formula is C32H45N3O5. The molecule has 3 rings (SSSR count). The van der Waals surface area contributed by atoms with Gasteiger partial charge in [0.2, 0.25) is 0 Å². The third-order valence-corrected chi connectivity index (χ3v) is 7.01. The van der Waals surface area contributed by atoms with Gasteiger partial charge in [0, 0.05) is 24.8 Å². The molecule has 2 atom stereocenters. The number of aromatic hydroxyl groups is 1. The molecule has 1 unspecified atom stereocenters. The van der Waals surface area contributed by atoms with Gasteiger partial charge in [-0.05, 0) is 49.6 Å². The minimum absolute atomic E-state index is 0.0461. The summed E-state index contributed by atoms with van der Waals surface area (Å²) < 4.78 is 5.48. The normalized spacial score (nSPS) is 12.8. The van der Waals surface area contributed by atoms with E-state index in [1.54, 1.807) is 18.2 Å². The molecule has 0 saturated carbocycles. The largest absolute Gasteiger partial charge is 0.504 e. The van der Waals surface area contributed by atoms with Gasteiger partial charge in [0.25, 0.3) is 10.9 Å². The highest BCUT2D eigenvalue weighted by atomic mass is 16.5. The Hall–Kier alpha value is -3.36. The molecule has 0 aromatic heterocycles. The summed E-state index contributed by atoms with van der Waals surface area (Å²) in [6.07, 6.45) is 9.77. The number of aliphatic hydroxyl groups excluding tert-OH is 1. The highest BCUT2D eigenvalue weighted by Crippen LogP contribution is 2.24. The zero-order valence-electron chi connectivity index (χ0n) is 23.9. The zero-order valence-corrected chi connectivity index (χ0v) is 23.9. The van der Waals surface area contributed by atoms with Crippen molar-refractivity contribution in [1.82, 2.24) is 5.32 Å². The summed E-state index contributed by atoms with van der Waals surface area (Å²) in [4.78, 5) is 24.2. The number of para-hydroxylation sites is 2. The fourth-order valence-electron chi connectivity index (χ4n) is 4.61. The van der Waals surface area contributed by atoms with E-state index in [9.17, 15) is 19.8 Å². The topological polar surface area (TPSA) is 120 Å². The van der Waals surface area contributed by atoms with Gasteiger partial charge in [-0.2, -0.15) is 0 Å². The number of phenols is 1. The van der Waals surface area contributed by atoms with Crippen LogP contribution in [0.25, 0.3) is 0 Å². The molecule has 0 radical (unpaired) electrons. The van der Waals surface area contributed by atoms with Gasteiger partial charge in [-0.1, -0.05) is 76.1 Å². The SMILES string of the molecule is CCCCCCCCCCNc1c(Nc2ccc(CC(C)NC[C@H](O)COc3ccccc3O)cc2)c(=O)c1=O. The van der Waals surface area contributed by atoms with E-state index in [1.807, 2.05) is 31.2 Å². The lowest BCUT2D eigenvalue weighted by atomic mass is 10.1. The standard InChI is InChI=1S/C32H45N3O5/c1-3-4-5-6-7-8-9-12-19-33-29-30(32(39)31(29)38)35-25-17-15-24(16-18-25)20-23(2)34-21-26(36)22-40-28-14-11-10-13-27(28)37/h10-11,13-18,23,26,33-37H,3-9,12,19-22H2,1-2H3/t23?,26-/m0/s1. The van der Waals surface area contributed by atoms with Crippen molar-refractivity contribution in [1.29, 1.82) is 0 Å². The fourth-order valence-corrected chi connectivity index (χ4v) is 4.61. The minimum atomic E-state index is -0.719. The molecule has 0 saturated heterocycles. The van der Waals surface area contributed by atoms with Gasteiger partial charge in [0.05, 0.1) is 0 Å². The Kier molecular flexibility index (Phi) is 13.0. The predicted octanol–water partition coefficient (Wildman–Crippen LogP) is 5.24. The Bertz CT molecular complexity index is 1220. The number of phenolic OH excluding ortho intramolecular Hbond substituents is 1. The molecule has 218 valence electrons. The van der Waals surface area contributed by atoms with E-state index >= 15 is 0 Å². The number of rotatable bonds is 20. The third kappa shape index (κ3) is 9.99. The zero-order chi connectivity index (χ0) is 28.7.